The van der Waals surface area contributed by atoms with Gasteiger partial charge in [0.2, 0.25) is 5.91 Å². The van der Waals surface area contributed by atoms with Gasteiger partial charge in [-0.25, -0.2) is 13.5 Å². The lowest BCUT2D eigenvalue weighted by Crippen LogP contribution is -2.32. The molecule has 0 aliphatic carbocycles. The second-order valence-corrected chi connectivity index (χ2v) is 8.04. The Morgan fingerprint density at radius 3 is 2.69 bits per heavy atom. The Hall–Kier alpha value is -3.62. The van der Waals surface area contributed by atoms with E-state index in [0.717, 1.165) is 28.9 Å². The number of amides is 2. The van der Waals surface area contributed by atoms with E-state index in [4.69, 9.17) is 0 Å². The summed E-state index contributed by atoms with van der Waals surface area (Å²) in [4.78, 5) is 26.5. The van der Waals surface area contributed by atoms with Crippen LogP contribution in [0.2, 0.25) is 0 Å². The third-order valence-corrected chi connectivity index (χ3v) is 5.89. The van der Waals surface area contributed by atoms with E-state index in [9.17, 15) is 18.4 Å². The number of benzene rings is 2. The number of carbonyl (C=O) groups is 2. The van der Waals surface area contributed by atoms with Crippen LogP contribution in [0.5, 0.6) is 0 Å². The fraction of sp³-hybridized carbons (Fsp3) is 0.304. The van der Waals surface area contributed by atoms with Gasteiger partial charge in [0.15, 0.2) is 17.3 Å². The molecule has 1 aliphatic heterocycles. The van der Waals surface area contributed by atoms with Crippen LogP contribution in [0.3, 0.4) is 0 Å². The minimum absolute atomic E-state index is 0.158. The molecule has 0 saturated carbocycles. The van der Waals surface area contributed by atoms with Gasteiger partial charge < -0.3 is 10.2 Å². The Balaban J connectivity index is 1.42. The Morgan fingerprint density at radius 1 is 1.16 bits per heavy atom. The molecule has 166 valence electrons. The fourth-order valence-electron chi connectivity index (χ4n) is 3.87. The van der Waals surface area contributed by atoms with Crippen molar-refractivity contribution in [1.82, 2.24) is 20.3 Å². The van der Waals surface area contributed by atoms with Crippen molar-refractivity contribution in [3.05, 3.63) is 70.5 Å². The van der Waals surface area contributed by atoms with E-state index in [1.807, 2.05) is 32.0 Å². The first-order valence-electron chi connectivity index (χ1n) is 10.3. The molecule has 1 saturated heterocycles. The number of hydrogen-bond acceptors (Lipinski definition) is 4. The van der Waals surface area contributed by atoms with Crippen molar-refractivity contribution in [2.45, 2.75) is 27.2 Å². The molecular weight excluding hydrogens is 416 g/mol. The summed E-state index contributed by atoms with van der Waals surface area (Å²) < 4.78 is 28.3. The maximum Gasteiger partial charge on any atom is 0.273 e. The van der Waals surface area contributed by atoms with E-state index in [1.54, 1.807) is 11.6 Å². The molecule has 2 amide bonds. The minimum atomic E-state index is -1.01. The van der Waals surface area contributed by atoms with E-state index in [-0.39, 0.29) is 36.4 Å². The van der Waals surface area contributed by atoms with Gasteiger partial charge in [0.1, 0.15) is 0 Å². The smallest absolute Gasteiger partial charge is 0.273 e. The highest BCUT2D eigenvalue weighted by molar-refractivity contribution is 5.96. The quantitative estimate of drug-likeness (QED) is 0.662. The molecule has 1 atom stereocenters. The van der Waals surface area contributed by atoms with Gasteiger partial charge in [0.25, 0.3) is 5.91 Å². The van der Waals surface area contributed by atoms with Gasteiger partial charge >= 0.3 is 0 Å². The van der Waals surface area contributed by atoms with E-state index in [0.29, 0.717) is 17.9 Å². The van der Waals surface area contributed by atoms with Crippen molar-refractivity contribution >= 4 is 17.5 Å². The SMILES string of the molecule is Cc1cccc(-n2nnc(C(=O)NCC3CC(=O)N(c4ccc(F)c(F)c4)C3)c2C)c1C. The fourth-order valence-corrected chi connectivity index (χ4v) is 3.87. The second-order valence-electron chi connectivity index (χ2n) is 8.04. The predicted molar refractivity (Wildman–Crippen MR) is 115 cm³/mol. The summed E-state index contributed by atoms with van der Waals surface area (Å²) >= 11 is 0. The van der Waals surface area contributed by atoms with E-state index < -0.39 is 11.6 Å². The molecule has 0 bridgehead atoms. The summed E-state index contributed by atoms with van der Waals surface area (Å²) in [5, 5.41) is 11.0. The number of nitrogens with one attached hydrogen (secondary N) is 1. The van der Waals surface area contributed by atoms with E-state index in [2.05, 4.69) is 15.6 Å². The van der Waals surface area contributed by atoms with E-state index >= 15 is 0 Å². The minimum Gasteiger partial charge on any atom is -0.350 e. The lowest BCUT2D eigenvalue weighted by atomic mass is 10.1. The van der Waals surface area contributed by atoms with Crippen LogP contribution >= 0.6 is 0 Å². The molecule has 7 nitrogen and oxygen atoms in total. The van der Waals surface area contributed by atoms with Crippen molar-refractivity contribution in [2.75, 3.05) is 18.0 Å². The van der Waals surface area contributed by atoms with Gasteiger partial charge in [-0.1, -0.05) is 17.3 Å². The van der Waals surface area contributed by atoms with Gasteiger partial charge in [-0.3, -0.25) is 9.59 Å². The van der Waals surface area contributed by atoms with Crippen LogP contribution in [-0.4, -0.2) is 39.9 Å². The average molecular weight is 439 g/mol. The molecule has 2 heterocycles. The van der Waals surface area contributed by atoms with E-state index in [1.165, 1.54) is 11.0 Å². The molecule has 4 rings (SSSR count). The van der Waals surface area contributed by atoms with Crippen molar-refractivity contribution in [1.29, 1.82) is 0 Å². The highest BCUT2D eigenvalue weighted by Crippen LogP contribution is 2.26. The predicted octanol–water partition coefficient (Wildman–Crippen LogP) is 3.25. The number of halogens is 2. The van der Waals surface area contributed by atoms with Crippen molar-refractivity contribution in [3.63, 3.8) is 0 Å². The Morgan fingerprint density at radius 2 is 1.94 bits per heavy atom. The summed E-state index contributed by atoms with van der Waals surface area (Å²) in [6.45, 7) is 6.33. The first-order valence-corrected chi connectivity index (χ1v) is 10.3. The van der Waals surface area contributed by atoms with Crippen LogP contribution in [0.25, 0.3) is 5.69 Å². The summed E-state index contributed by atoms with van der Waals surface area (Å²) in [6.07, 6.45) is 0.202. The van der Waals surface area contributed by atoms with Gasteiger partial charge in [-0.2, -0.15) is 0 Å². The maximum absolute atomic E-state index is 13.5. The van der Waals surface area contributed by atoms with Crippen molar-refractivity contribution < 1.29 is 18.4 Å². The average Bonchev–Trinajstić information content (AvgIpc) is 3.33. The van der Waals surface area contributed by atoms with Gasteiger partial charge in [0, 0.05) is 37.2 Å². The monoisotopic (exact) mass is 439 g/mol. The molecule has 1 N–H and O–H groups in total. The molecule has 32 heavy (non-hydrogen) atoms. The van der Waals surface area contributed by atoms with Crippen LogP contribution in [-0.2, 0) is 4.79 Å². The van der Waals surface area contributed by atoms with Crippen LogP contribution in [0, 0.1) is 38.3 Å². The molecule has 1 aliphatic rings. The van der Waals surface area contributed by atoms with Gasteiger partial charge in [-0.15, -0.1) is 5.10 Å². The van der Waals surface area contributed by atoms with Crippen LogP contribution in [0.4, 0.5) is 14.5 Å². The topological polar surface area (TPSA) is 80.1 Å². The summed E-state index contributed by atoms with van der Waals surface area (Å²) in [6, 6.07) is 9.22. The molecule has 1 aromatic heterocycles. The van der Waals surface area contributed by atoms with Crippen LogP contribution in [0.15, 0.2) is 36.4 Å². The Labute approximate surface area is 184 Å². The maximum atomic E-state index is 13.5. The number of anilines is 1. The Kier molecular flexibility index (Phi) is 5.73. The van der Waals surface area contributed by atoms with Crippen molar-refractivity contribution in [3.8, 4) is 5.69 Å². The molecule has 9 heteroatoms. The van der Waals surface area contributed by atoms with Gasteiger partial charge in [0.05, 0.1) is 11.4 Å². The summed E-state index contributed by atoms with van der Waals surface area (Å²) in [5.41, 5.74) is 4.15. The lowest BCUT2D eigenvalue weighted by molar-refractivity contribution is -0.117. The highest BCUT2D eigenvalue weighted by Gasteiger charge is 2.31. The number of rotatable bonds is 5. The number of hydrogen-bond donors (Lipinski definition) is 1. The first kappa shape index (κ1) is 21.6. The third kappa shape index (κ3) is 3.98. The lowest BCUT2D eigenvalue weighted by Gasteiger charge is -2.17. The number of aryl methyl sites for hydroxylation is 1. The standard InChI is InChI=1S/C23H23F2N5O2/c1-13-5-4-6-20(14(13)2)30-15(3)22(27-28-30)23(32)26-11-16-9-21(31)29(12-16)17-7-8-18(24)19(25)10-17/h4-8,10,16H,9,11-12H2,1-3H3,(H,26,32). The summed E-state index contributed by atoms with van der Waals surface area (Å²) in [7, 11) is 0. The first-order chi connectivity index (χ1) is 15.3. The second kappa shape index (κ2) is 8.49. The zero-order chi connectivity index (χ0) is 23.0. The molecule has 1 unspecified atom stereocenters. The zero-order valence-corrected chi connectivity index (χ0v) is 18.0. The third-order valence-electron chi connectivity index (χ3n) is 5.89. The molecule has 1 fully saturated rings. The molecule has 2 aromatic carbocycles. The van der Waals surface area contributed by atoms with Crippen LogP contribution < -0.4 is 10.2 Å². The van der Waals surface area contributed by atoms with Crippen LogP contribution in [0.1, 0.15) is 33.7 Å². The largest absolute Gasteiger partial charge is 0.350 e. The van der Waals surface area contributed by atoms with Crippen molar-refractivity contribution in [2.24, 2.45) is 5.92 Å². The number of carbonyl (C=O) groups excluding carboxylic acids is 2. The zero-order valence-electron chi connectivity index (χ0n) is 18.0. The highest BCUT2D eigenvalue weighted by atomic mass is 19.2. The Bertz CT molecular complexity index is 1210. The molecule has 0 radical (unpaired) electrons. The number of nitrogens with zero attached hydrogens (tertiary/aromatic N) is 4. The molecule has 0 spiro atoms. The molecule has 3 aromatic rings. The molecular formula is C23H23F2N5O2. The number of aromatic nitrogens is 3. The van der Waals surface area contributed by atoms with Gasteiger partial charge in [-0.05, 0) is 50.1 Å². The summed E-state index contributed by atoms with van der Waals surface area (Å²) in [5.74, 6) is -2.71. The normalized spacial score (nSPS) is 16.0.